The van der Waals surface area contributed by atoms with Crippen molar-refractivity contribution in [1.82, 2.24) is 10.2 Å². The van der Waals surface area contributed by atoms with Crippen molar-refractivity contribution in [3.05, 3.63) is 65.7 Å². The van der Waals surface area contributed by atoms with Gasteiger partial charge in [-0.15, -0.1) is 0 Å². The minimum atomic E-state index is -1.76. The number of hydrogen-bond acceptors (Lipinski definition) is 7. The zero-order valence-corrected chi connectivity index (χ0v) is 17.6. The Labute approximate surface area is 189 Å². The number of amides is 2. The molecule has 5 rings (SSSR count). The van der Waals surface area contributed by atoms with Crippen LogP contribution in [0.1, 0.15) is 23.6 Å². The van der Waals surface area contributed by atoms with Crippen molar-refractivity contribution in [2.75, 3.05) is 6.54 Å². The van der Waals surface area contributed by atoms with Crippen molar-refractivity contribution in [3.8, 4) is 5.75 Å². The number of phenols is 1. The van der Waals surface area contributed by atoms with Crippen LogP contribution < -0.4 is 5.32 Å². The van der Waals surface area contributed by atoms with E-state index in [1.165, 1.54) is 12.4 Å². The molecule has 3 N–H and O–H groups in total. The predicted octanol–water partition coefficient (Wildman–Crippen LogP) is 1.53. The number of imide groups is 1. The van der Waals surface area contributed by atoms with E-state index in [4.69, 9.17) is 0 Å². The van der Waals surface area contributed by atoms with Gasteiger partial charge in [0, 0.05) is 23.7 Å². The monoisotopic (exact) mass is 446 g/mol. The maximum atomic E-state index is 13.6. The number of aromatic hydroxyl groups is 1. The summed E-state index contributed by atoms with van der Waals surface area (Å²) in [6.07, 6.45) is 1.28. The summed E-state index contributed by atoms with van der Waals surface area (Å²) in [5.74, 6) is -4.44. The second-order valence-electron chi connectivity index (χ2n) is 8.54. The van der Waals surface area contributed by atoms with Gasteiger partial charge in [0.05, 0.1) is 24.9 Å². The van der Waals surface area contributed by atoms with Gasteiger partial charge in [-0.25, -0.2) is 4.99 Å². The van der Waals surface area contributed by atoms with Crippen molar-refractivity contribution in [2.24, 2.45) is 21.8 Å². The van der Waals surface area contributed by atoms with E-state index in [2.05, 4.69) is 15.3 Å². The number of carbonyl (C=O) groups excluding carboxylic acids is 2. The number of nitrogens with one attached hydrogen (secondary N) is 1. The fourth-order valence-corrected chi connectivity index (χ4v) is 5.17. The molecule has 2 saturated heterocycles. The van der Waals surface area contributed by atoms with Gasteiger partial charge in [-0.05, 0) is 11.6 Å². The highest BCUT2D eigenvalue weighted by Gasteiger charge is 2.68. The first-order valence-corrected chi connectivity index (χ1v) is 10.6. The summed E-state index contributed by atoms with van der Waals surface area (Å²) in [7, 11) is 0. The lowest BCUT2D eigenvalue weighted by Gasteiger charge is -2.31. The molecule has 0 radical (unpaired) electrons. The average Bonchev–Trinajstić information content (AvgIpc) is 3.49. The second kappa shape index (κ2) is 7.93. The van der Waals surface area contributed by atoms with Crippen molar-refractivity contribution in [1.29, 1.82) is 0 Å². The van der Waals surface area contributed by atoms with Gasteiger partial charge in [0.2, 0.25) is 11.8 Å². The van der Waals surface area contributed by atoms with Crippen molar-refractivity contribution in [2.45, 2.75) is 24.5 Å². The third-order valence-electron chi connectivity index (χ3n) is 6.66. The Morgan fingerprint density at radius 3 is 2.48 bits per heavy atom. The maximum absolute atomic E-state index is 13.6. The summed E-state index contributed by atoms with van der Waals surface area (Å²) in [6.45, 7) is 0.296. The van der Waals surface area contributed by atoms with Crippen LogP contribution in [0, 0.1) is 11.8 Å². The van der Waals surface area contributed by atoms with E-state index >= 15 is 0 Å². The lowest BCUT2D eigenvalue weighted by molar-refractivity contribution is -0.151. The molecule has 0 unspecified atom stereocenters. The summed E-state index contributed by atoms with van der Waals surface area (Å²) in [5.41, 5.74) is -0.102. The molecule has 3 aliphatic heterocycles. The third kappa shape index (κ3) is 3.32. The smallest absolute Gasteiger partial charge is 0.325 e. The van der Waals surface area contributed by atoms with E-state index < -0.39 is 41.2 Å². The number of likely N-dealkylation sites (tertiary alicyclic amines) is 1. The van der Waals surface area contributed by atoms with Crippen LogP contribution in [0.2, 0.25) is 0 Å². The lowest BCUT2D eigenvalue weighted by atomic mass is 9.76. The van der Waals surface area contributed by atoms with Gasteiger partial charge in [0.15, 0.2) is 0 Å². The molecular formula is C24H22N4O5. The van der Waals surface area contributed by atoms with Crippen molar-refractivity contribution in [3.63, 3.8) is 0 Å². The number of aliphatic imine (C=N–C) groups is 2. The van der Waals surface area contributed by atoms with Gasteiger partial charge in [-0.1, -0.05) is 48.5 Å². The quantitative estimate of drug-likeness (QED) is 0.577. The van der Waals surface area contributed by atoms with Crippen molar-refractivity contribution < 1.29 is 24.6 Å². The standard InChI is InChI=1S/C24H22N4O5/c29-17-9-5-4-8-16(17)20-18-19(24(27-20,23(32)33)10-15-11-25-13-26-15)22(31)28(21(18)30)12-14-6-2-1-3-7-14/h1-9,13,18-20,27,29H,10-12H2,(H,32,33)/t18-,19-,20-,24-/m0/s1. The summed E-state index contributed by atoms with van der Waals surface area (Å²) in [4.78, 5) is 49.3. The average molecular weight is 446 g/mol. The van der Waals surface area contributed by atoms with Crippen LogP contribution >= 0.6 is 0 Å². The fraction of sp³-hybridized carbons (Fsp3) is 0.292. The van der Waals surface area contributed by atoms with Gasteiger partial charge in [-0.2, -0.15) is 0 Å². The van der Waals surface area contributed by atoms with Crippen LogP contribution in [0.5, 0.6) is 5.75 Å². The highest BCUT2D eigenvalue weighted by Crippen LogP contribution is 2.51. The first-order chi connectivity index (χ1) is 15.9. The van der Waals surface area contributed by atoms with E-state index in [9.17, 15) is 24.6 Å². The van der Waals surface area contributed by atoms with Gasteiger partial charge in [0.1, 0.15) is 17.6 Å². The van der Waals surface area contributed by atoms with E-state index in [-0.39, 0.29) is 25.3 Å². The molecule has 3 aliphatic rings. The number of carboxylic acids is 1. The Bertz CT molecular complexity index is 1190. The third-order valence-corrected chi connectivity index (χ3v) is 6.66. The SMILES string of the molecule is O=C1[C@H]2[C@@H](C(=O)N1Cc1ccccc1)[C@@](CC1=NC=NC1)(C(=O)O)N[C@H]2c1ccccc1O. The molecule has 2 aromatic rings. The molecule has 0 bridgehead atoms. The molecule has 4 atom stereocenters. The topological polar surface area (TPSA) is 132 Å². The summed E-state index contributed by atoms with van der Waals surface area (Å²) in [5, 5.41) is 23.9. The van der Waals surface area contributed by atoms with Gasteiger partial charge >= 0.3 is 5.97 Å². The Balaban J connectivity index is 1.60. The largest absolute Gasteiger partial charge is 0.508 e. The predicted molar refractivity (Wildman–Crippen MR) is 119 cm³/mol. The molecule has 168 valence electrons. The number of para-hydroxylation sites is 1. The first kappa shape index (κ1) is 21.0. The highest BCUT2D eigenvalue weighted by atomic mass is 16.4. The van der Waals surface area contributed by atoms with Crippen LogP contribution in [0.25, 0.3) is 0 Å². The first-order valence-electron chi connectivity index (χ1n) is 10.6. The van der Waals surface area contributed by atoms with Crippen LogP contribution in [-0.2, 0) is 20.9 Å². The normalized spacial score (nSPS) is 28.3. The number of carboxylic acid groups (broad SMARTS) is 1. The molecule has 2 aromatic carbocycles. The molecule has 2 amide bonds. The van der Waals surface area contributed by atoms with Gasteiger partial charge < -0.3 is 10.2 Å². The van der Waals surface area contributed by atoms with Crippen LogP contribution in [0.3, 0.4) is 0 Å². The highest BCUT2D eigenvalue weighted by molar-refractivity contribution is 6.11. The molecule has 2 fully saturated rings. The number of hydrogen-bond donors (Lipinski definition) is 3. The van der Waals surface area contributed by atoms with Crippen LogP contribution in [0.4, 0.5) is 0 Å². The van der Waals surface area contributed by atoms with E-state index in [0.717, 1.165) is 10.5 Å². The van der Waals surface area contributed by atoms with E-state index in [0.29, 0.717) is 11.3 Å². The van der Waals surface area contributed by atoms with Gasteiger partial charge in [-0.3, -0.25) is 29.6 Å². The Morgan fingerprint density at radius 1 is 1.09 bits per heavy atom. The van der Waals surface area contributed by atoms with E-state index in [1.807, 2.05) is 30.3 Å². The molecular weight excluding hydrogens is 424 g/mol. The minimum Gasteiger partial charge on any atom is -0.508 e. The lowest BCUT2D eigenvalue weighted by Crippen LogP contribution is -2.57. The maximum Gasteiger partial charge on any atom is 0.325 e. The Morgan fingerprint density at radius 2 is 1.82 bits per heavy atom. The number of phenolic OH excluding ortho intramolecular Hbond substituents is 1. The van der Waals surface area contributed by atoms with Gasteiger partial charge in [0.25, 0.3) is 0 Å². The summed E-state index contributed by atoms with van der Waals surface area (Å²) >= 11 is 0. The number of nitrogens with zero attached hydrogens (tertiary/aromatic N) is 3. The number of carbonyl (C=O) groups is 3. The second-order valence-corrected chi connectivity index (χ2v) is 8.54. The number of fused-ring (bicyclic) bond motifs is 1. The molecule has 0 aliphatic carbocycles. The Kier molecular flexibility index (Phi) is 5.05. The molecule has 3 heterocycles. The fourth-order valence-electron chi connectivity index (χ4n) is 5.17. The molecule has 0 spiro atoms. The molecule has 0 aromatic heterocycles. The van der Waals surface area contributed by atoms with Crippen LogP contribution in [-0.4, -0.2) is 57.0 Å². The molecule has 9 heteroatoms. The van der Waals surface area contributed by atoms with Crippen LogP contribution in [0.15, 0.2) is 64.6 Å². The summed E-state index contributed by atoms with van der Waals surface area (Å²) < 4.78 is 0. The Hall–Kier alpha value is -3.85. The number of aliphatic carboxylic acids is 1. The zero-order valence-electron chi connectivity index (χ0n) is 17.6. The molecule has 0 saturated carbocycles. The minimum absolute atomic E-state index is 0.0543. The number of rotatable bonds is 6. The molecule has 33 heavy (non-hydrogen) atoms. The molecule has 9 nitrogen and oxygen atoms in total. The van der Waals surface area contributed by atoms with Crippen molar-refractivity contribution >= 4 is 29.8 Å². The summed E-state index contributed by atoms with van der Waals surface area (Å²) in [6, 6.07) is 14.7. The number of benzene rings is 2. The van der Waals surface area contributed by atoms with E-state index in [1.54, 1.807) is 18.2 Å². The zero-order chi connectivity index (χ0) is 23.2.